The van der Waals surface area contributed by atoms with Crippen LogP contribution in [0, 0.1) is 5.82 Å². The average molecular weight is 409 g/mol. The molecule has 0 atom stereocenters. The predicted molar refractivity (Wildman–Crippen MR) is 106 cm³/mol. The molecule has 0 saturated carbocycles. The first-order valence-corrected chi connectivity index (χ1v) is 9.52. The van der Waals surface area contributed by atoms with Gasteiger partial charge in [0.05, 0.1) is 11.0 Å². The van der Waals surface area contributed by atoms with Crippen LogP contribution in [-0.4, -0.2) is 44.1 Å². The van der Waals surface area contributed by atoms with Crippen molar-refractivity contribution in [2.24, 2.45) is 0 Å². The molecule has 3 N–H and O–H groups in total. The zero-order valence-electron chi connectivity index (χ0n) is 16.1. The maximum absolute atomic E-state index is 13.6. The number of carbonyl (C=O) groups is 1. The van der Waals surface area contributed by atoms with Crippen molar-refractivity contribution in [1.29, 1.82) is 0 Å². The van der Waals surface area contributed by atoms with Gasteiger partial charge in [0.2, 0.25) is 5.89 Å². The van der Waals surface area contributed by atoms with E-state index < -0.39 is 11.7 Å². The Hall–Kier alpha value is -3.66. The van der Waals surface area contributed by atoms with E-state index in [9.17, 15) is 9.18 Å². The summed E-state index contributed by atoms with van der Waals surface area (Å²) in [6.07, 6.45) is 3.94. The van der Waals surface area contributed by atoms with Gasteiger partial charge in [-0.05, 0) is 18.2 Å². The molecule has 0 aliphatic heterocycles. The minimum absolute atomic E-state index is 0.00821. The van der Waals surface area contributed by atoms with Crippen LogP contribution in [0.15, 0.2) is 47.2 Å². The fourth-order valence-electron chi connectivity index (χ4n) is 2.89. The van der Waals surface area contributed by atoms with Crippen LogP contribution >= 0.6 is 0 Å². The molecule has 9 nitrogen and oxygen atoms in total. The summed E-state index contributed by atoms with van der Waals surface area (Å²) in [7, 11) is 0. The van der Waals surface area contributed by atoms with Crippen LogP contribution < -0.4 is 10.6 Å². The minimum Gasteiger partial charge on any atom is -0.345 e. The third kappa shape index (κ3) is 4.84. The first-order chi connectivity index (χ1) is 14.7. The second-order valence-corrected chi connectivity index (χ2v) is 6.61. The molecular formula is C20H20FN7O2. The van der Waals surface area contributed by atoms with E-state index in [-0.39, 0.29) is 17.9 Å². The molecule has 0 saturated heterocycles. The molecule has 154 valence electrons. The van der Waals surface area contributed by atoms with E-state index in [0.29, 0.717) is 18.9 Å². The first-order valence-electron chi connectivity index (χ1n) is 9.52. The van der Waals surface area contributed by atoms with Crippen LogP contribution in [0.2, 0.25) is 0 Å². The molecule has 3 aromatic heterocycles. The highest BCUT2D eigenvalue weighted by atomic mass is 19.1. The number of nitrogens with zero attached hydrogens (tertiary/aromatic N) is 4. The summed E-state index contributed by atoms with van der Waals surface area (Å²) in [5.41, 5.74) is 2.26. The van der Waals surface area contributed by atoms with Gasteiger partial charge in [-0.3, -0.25) is 9.78 Å². The lowest BCUT2D eigenvalue weighted by molar-refractivity contribution is 0.0937. The zero-order valence-corrected chi connectivity index (χ0v) is 16.1. The third-order valence-electron chi connectivity index (χ3n) is 4.45. The highest BCUT2D eigenvalue weighted by Gasteiger charge is 2.15. The number of imidazole rings is 1. The number of pyridine rings is 1. The molecule has 1 aromatic carbocycles. The number of hydrogen-bond donors (Lipinski definition) is 3. The summed E-state index contributed by atoms with van der Waals surface area (Å²) in [5, 5.41) is 9.50. The number of hydrogen-bond acceptors (Lipinski definition) is 7. The van der Waals surface area contributed by atoms with Crippen molar-refractivity contribution in [2.45, 2.75) is 19.4 Å². The Balaban J connectivity index is 1.19. The van der Waals surface area contributed by atoms with E-state index in [0.717, 1.165) is 29.8 Å². The Labute approximate surface area is 171 Å². The van der Waals surface area contributed by atoms with Gasteiger partial charge in [0.1, 0.15) is 11.6 Å². The number of H-pyrrole nitrogens is 1. The number of fused-ring (bicyclic) bond motifs is 1. The number of para-hydroxylation sites is 2. The standard InChI is InChI=1S/C20H20FN7O2/c21-14-5-8-23-11-13(14)12-24-20(29)19-27-18(30-28-19)7-10-22-9-6-17-25-15-3-1-2-4-16(15)26-17/h1-5,8,11,22H,6-7,9-10,12H2,(H,24,29)(H,25,26). The second-order valence-electron chi connectivity index (χ2n) is 6.61. The van der Waals surface area contributed by atoms with Crippen LogP contribution in [0.1, 0.15) is 27.9 Å². The molecule has 0 aliphatic carbocycles. The molecule has 4 aromatic rings. The summed E-state index contributed by atoms with van der Waals surface area (Å²) < 4.78 is 18.7. The fraction of sp³-hybridized carbons (Fsp3) is 0.250. The lowest BCUT2D eigenvalue weighted by atomic mass is 10.2. The first kappa shape index (κ1) is 19.6. The van der Waals surface area contributed by atoms with Gasteiger partial charge < -0.3 is 20.1 Å². The molecule has 4 rings (SSSR count). The van der Waals surface area contributed by atoms with Crippen molar-refractivity contribution < 1.29 is 13.7 Å². The smallest absolute Gasteiger partial charge is 0.292 e. The molecule has 10 heteroatoms. The van der Waals surface area contributed by atoms with Crippen molar-refractivity contribution >= 4 is 16.9 Å². The summed E-state index contributed by atoms with van der Waals surface area (Å²) >= 11 is 0. The van der Waals surface area contributed by atoms with Crippen molar-refractivity contribution in [3.8, 4) is 0 Å². The normalized spacial score (nSPS) is 11.1. The molecule has 0 unspecified atom stereocenters. The van der Waals surface area contributed by atoms with Crippen LogP contribution in [0.3, 0.4) is 0 Å². The number of aromatic amines is 1. The number of aromatic nitrogens is 5. The zero-order chi connectivity index (χ0) is 20.8. The number of nitrogens with one attached hydrogen (secondary N) is 3. The van der Waals surface area contributed by atoms with Crippen molar-refractivity contribution in [2.75, 3.05) is 13.1 Å². The number of amides is 1. The van der Waals surface area contributed by atoms with Crippen molar-refractivity contribution in [1.82, 2.24) is 35.7 Å². The van der Waals surface area contributed by atoms with Gasteiger partial charge in [-0.1, -0.05) is 17.3 Å². The Morgan fingerprint density at radius 3 is 2.87 bits per heavy atom. The average Bonchev–Trinajstić information content (AvgIpc) is 3.39. The molecule has 0 radical (unpaired) electrons. The topological polar surface area (TPSA) is 122 Å². The van der Waals surface area contributed by atoms with Crippen LogP contribution in [0.25, 0.3) is 11.0 Å². The molecule has 30 heavy (non-hydrogen) atoms. The van der Waals surface area contributed by atoms with Gasteiger partial charge in [-0.15, -0.1) is 0 Å². The predicted octanol–water partition coefficient (Wildman–Crippen LogP) is 1.78. The van der Waals surface area contributed by atoms with Gasteiger partial charge in [0, 0.05) is 50.4 Å². The van der Waals surface area contributed by atoms with E-state index in [1.165, 1.54) is 18.5 Å². The quantitative estimate of drug-likeness (QED) is 0.360. The number of benzene rings is 1. The summed E-state index contributed by atoms with van der Waals surface area (Å²) in [5.74, 6) is 0.213. The van der Waals surface area contributed by atoms with Gasteiger partial charge >= 0.3 is 0 Å². The number of rotatable bonds is 9. The maximum Gasteiger partial charge on any atom is 0.292 e. The highest BCUT2D eigenvalue weighted by molar-refractivity contribution is 5.90. The maximum atomic E-state index is 13.6. The van der Waals surface area contributed by atoms with Gasteiger partial charge in [-0.2, -0.15) is 4.98 Å². The van der Waals surface area contributed by atoms with E-state index in [1.54, 1.807) is 0 Å². The minimum atomic E-state index is -0.536. The number of halogens is 1. The Bertz CT molecular complexity index is 1110. The fourth-order valence-corrected chi connectivity index (χ4v) is 2.89. The van der Waals surface area contributed by atoms with Crippen molar-refractivity contribution in [3.05, 3.63) is 71.6 Å². The third-order valence-corrected chi connectivity index (χ3v) is 4.45. The van der Waals surface area contributed by atoms with E-state index in [1.807, 2.05) is 24.3 Å². The lowest BCUT2D eigenvalue weighted by Gasteiger charge is -2.02. The molecule has 0 fully saturated rings. The Kier molecular flexibility index (Phi) is 6.04. The van der Waals surface area contributed by atoms with Gasteiger partial charge in [-0.25, -0.2) is 9.37 Å². The summed E-state index contributed by atoms with van der Waals surface area (Å²) in [6, 6.07) is 9.13. The monoisotopic (exact) mass is 409 g/mol. The highest BCUT2D eigenvalue weighted by Crippen LogP contribution is 2.10. The summed E-state index contributed by atoms with van der Waals surface area (Å²) in [6.45, 7) is 1.34. The SMILES string of the molecule is O=C(NCc1cnccc1F)c1noc(CCNCCc2nc3ccccc3[nH]2)n1. The lowest BCUT2D eigenvalue weighted by Crippen LogP contribution is -2.24. The molecule has 1 amide bonds. The molecule has 0 aliphatic rings. The molecule has 0 bridgehead atoms. The second kappa shape index (κ2) is 9.23. The van der Waals surface area contributed by atoms with E-state index in [2.05, 4.69) is 35.7 Å². The van der Waals surface area contributed by atoms with Gasteiger partial charge in [0.25, 0.3) is 11.7 Å². The van der Waals surface area contributed by atoms with Crippen LogP contribution in [0.4, 0.5) is 4.39 Å². The Morgan fingerprint density at radius 2 is 2.00 bits per heavy atom. The van der Waals surface area contributed by atoms with E-state index in [4.69, 9.17) is 4.52 Å². The van der Waals surface area contributed by atoms with Gasteiger partial charge in [0.15, 0.2) is 0 Å². The summed E-state index contributed by atoms with van der Waals surface area (Å²) in [4.78, 5) is 27.8. The van der Waals surface area contributed by atoms with Crippen LogP contribution in [-0.2, 0) is 19.4 Å². The number of carbonyl (C=O) groups excluding carboxylic acids is 1. The molecule has 3 heterocycles. The van der Waals surface area contributed by atoms with Crippen molar-refractivity contribution in [3.63, 3.8) is 0 Å². The van der Waals surface area contributed by atoms with E-state index >= 15 is 0 Å². The largest absolute Gasteiger partial charge is 0.345 e. The Morgan fingerprint density at radius 1 is 1.13 bits per heavy atom. The molecular weight excluding hydrogens is 389 g/mol. The van der Waals surface area contributed by atoms with Crippen LogP contribution in [0.5, 0.6) is 0 Å². The molecule has 0 spiro atoms.